The van der Waals surface area contributed by atoms with Crippen molar-refractivity contribution in [1.29, 1.82) is 0 Å². The fraction of sp³-hybridized carbons (Fsp3) is 0.273. The van der Waals surface area contributed by atoms with Crippen LogP contribution < -0.4 is 5.32 Å². The number of nitrogens with one attached hydrogen (secondary N) is 1. The average molecular weight is 175 g/mol. The molecule has 0 amide bonds. The van der Waals surface area contributed by atoms with E-state index in [1.165, 1.54) is 0 Å². The zero-order valence-corrected chi connectivity index (χ0v) is 7.71. The molecule has 0 saturated heterocycles. The third-order valence-corrected chi connectivity index (χ3v) is 1.97. The number of rotatable bonds is 3. The SMILES string of the molecule is CCCNc1cc2ccccc2o1. The summed E-state index contributed by atoms with van der Waals surface area (Å²) in [4.78, 5) is 0. The summed E-state index contributed by atoms with van der Waals surface area (Å²) in [6.45, 7) is 3.09. The standard InChI is InChI=1S/C11H13NO/c1-2-7-12-11-8-9-5-3-4-6-10(9)13-11/h3-6,8,12H,2,7H2,1H3. The Morgan fingerprint density at radius 2 is 2.15 bits per heavy atom. The van der Waals surface area contributed by atoms with E-state index in [1.807, 2.05) is 24.3 Å². The first-order chi connectivity index (χ1) is 6.40. The van der Waals surface area contributed by atoms with E-state index in [1.54, 1.807) is 0 Å². The fourth-order valence-corrected chi connectivity index (χ4v) is 1.32. The third kappa shape index (κ3) is 1.66. The van der Waals surface area contributed by atoms with Crippen molar-refractivity contribution in [2.45, 2.75) is 13.3 Å². The van der Waals surface area contributed by atoms with Gasteiger partial charge in [-0.15, -0.1) is 0 Å². The van der Waals surface area contributed by atoms with Gasteiger partial charge in [-0.2, -0.15) is 0 Å². The third-order valence-electron chi connectivity index (χ3n) is 1.97. The Kier molecular flexibility index (Phi) is 2.21. The van der Waals surface area contributed by atoms with Crippen LogP contribution in [-0.4, -0.2) is 6.54 Å². The number of furan rings is 1. The number of para-hydroxylation sites is 1. The summed E-state index contributed by atoms with van der Waals surface area (Å²) in [6.07, 6.45) is 1.11. The smallest absolute Gasteiger partial charge is 0.194 e. The van der Waals surface area contributed by atoms with Crippen molar-refractivity contribution in [2.75, 3.05) is 11.9 Å². The minimum absolute atomic E-state index is 0.864. The summed E-state index contributed by atoms with van der Waals surface area (Å²) in [5, 5.41) is 4.37. The second-order valence-corrected chi connectivity index (χ2v) is 3.08. The zero-order valence-electron chi connectivity index (χ0n) is 7.71. The van der Waals surface area contributed by atoms with E-state index in [0.717, 1.165) is 29.8 Å². The first-order valence-electron chi connectivity index (χ1n) is 4.62. The van der Waals surface area contributed by atoms with Crippen LogP contribution in [0.1, 0.15) is 13.3 Å². The van der Waals surface area contributed by atoms with E-state index in [-0.39, 0.29) is 0 Å². The number of fused-ring (bicyclic) bond motifs is 1. The van der Waals surface area contributed by atoms with E-state index in [9.17, 15) is 0 Å². The molecule has 1 aromatic heterocycles. The van der Waals surface area contributed by atoms with Crippen LogP contribution in [-0.2, 0) is 0 Å². The monoisotopic (exact) mass is 175 g/mol. The van der Waals surface area contributed by atoms with Gasteiger partial charge in [0.2, 0.25) is 0 Å². The van der Waals surface area contributed by atoms with E-state index >= 15 is 0 Å². The van der Waals surface area contributed by atoms with Gasteiger partial charge in [-0.05, 0) is 12.5 Å². The maximum Gasteiger partial charge on any atom is 0.194 e. The van der Waals surface area contributed by atoms with Gasteiger partial charge < -0.3 is 9.73 Å². The molecule has 2 nitrogen and oxygen atoms in total. The molecule has 0 aliphatic rings. The van der Waals surface area contributed by atoms with Crippen molar-refractivity contribution in [3.8, 4) is 0 Å². The summed E-state index contributed by atoms with van der Waals surface area (Å²) in [6, 6.07) is 10.1. The van der Waals surface area contributed by atoms with Crippen molar-refractivity contribution in [3.63, 3.8) is 0 Å². The Bertz CT molecular complexity index is 359. The van der Waals surface area contributed by atoms with Crippen LogP contribution in [0.5, 0.6) is 0 Å². The minimum atomic E-state index is 0.864. The molecule has 0 fully saturated rings. The maximum absolute atomic E-state index is 5.56. The normalized spacial score (nSPS) is 10.5. The lowest BCUT2D eigenvalue weighted by atomic mass is 10.3. The zero-order chi connectivity index (χ0) is 9.10. The van der Waals surface area contributed by atoms with Gasteiger partial charge in [-0.25, -0.2) is 0 Å². The van der Waals surface area contributed by atoms with Gasteiger partial charge in [0.05, 0.1) is 0 Å². The maximum atomic E-state index is 5.56. The Labute approximate surface area is 77.6 Å². The van der Waals surface area contributed by atoms with E-state index in [2.05, 4.69) is 18.3 Å². The largest absolute Gasteiger partial charge is 0.441 e. The lowest BCUT2D eigenvalue weighted by molar-refractivity contribution is 0.625. The summed E-state index contributed by atoms with van der Waals surface area (Å²) in [5.74, 6) is 0.864. The molecule has 0 atom stereocenters. The second kappa shape index (κ2) is 3.52. The molecule has 0 radical (unpaired) electrons. The Morgan fingerprint density at radius 3 is 2.92 bits per heavy atom. The van der Waals surface area contributed by atoms with E-state index in [0.29, 0.717) is 0 Å². The summed E-state index contributed by atoms with van der Waals surface area (Å²) < 4.78 is 5.56. The molecule has 0 spiro atoms. The molecule has 0 aliphatic carbocycles. The molecule has 1 N–H and O–H groups in total. The first-order valence-corrected chi connectivity index (χ1v) is 4.62. The van der Waals surface area contributed by atoms with Crippen molar-refractivity contribution in [1.82, 2.24) is 0 Å². The fourth-order valence-electron chi connectivity index (χ4n) is 1.32. The van der Waals surface area contributed by atoms with Crippen molar-refractivity contribution in [3.05, 3.63) is 30.3 Å². The minimum Gasteiger partial charge on any atom is -0.441 e. The predicted molar refractivity (Wildman–Crippen MR) is 55.0 cm³/mol. The van der Waals surface area contributed by atoms with Gasteiger partial charge in [0.1, 0.15) is 5.58 Å². The quantitative estimate of drug-likeness (QED) is 0.774. The molecule has 0 aliphatic heterocycles. The van der Waals surface area contributed by atoms with Gasteiger partial charge in [-0.3, -0.25) is 0 Å². The molecule has 1 heterocycles. The van der Waals surface area contributed by atoms with Crippen molar-refractivity contribution in [2.24, 2.45) is 0 Å². The predicted octanol–water partition coefficient (Wildman–Crippen LogP) is 3.25. The Balaban J connectivity index is 2.28. The molecule has 0 saturated carbocycles. The summed E-state index contributed by atoms with van der Waals surface area (Å²) >= 11 is 0. The molecular formula is C11H13NO. The molecule has 2 heteroatoms. The van der Waals surface area contributed by atoms with Gasteiger partial charge in [0, 0.05) is 18.0 Å². The van der Waals surface area contributed by atoms with Gasteiger partial charge in [0.15, 0.2) is 5.88 Å². The van der Waals surface area contributed by atoms with Crippen LogP contribution in [0.4, 0.5) is 5.88 Å². The van der Waals surface area contributed by atoms with E-state index in [4.69, 9.17) is 4.42 Å². The highest BCUT2D eigenvalue weighted by Gasteiger charge is 2.00. The lowest BCUT2D eigenvalue weighted by Gasteiger charge is -1.96. The Morgan fingerprint density at radius 1 is 1.31 bits per heavy atom. The molecular weight excluding hydrogens is 162 g/mol. The molecule has 68 valence electrons. The number of hydrogen-bond donors (Lipinski definition) is 1. The van der Waals surface area contributed by atoms with Crippen LogP contribution in [0.25, 0.3) is 11.0 Å². The summed E-state index contributed by atoms with van der Waals surface area (Å²) in [5.41, 5.74) is 0.945. The number of anilines is 1. The average Bonchev–Trinajstić information content (AvgIpc) is 2.57. The van der Waals surface area contributed by atoms with Crippen LogP contribution in [0.2, 0.25) is 0 Å². The van der Waals surface area contributed by atoms with Crippen LogP contribution >= 0.6 is 0 Å². The highest BCUT2D eigenvalue weighted by atomic mass is 16.3. The highest BCUT2D eigenvalue weighted by molar-refractivity contribution is 5.80. The molecule has 1 aromatic carbocycles. The van der Waals surface area contributed by atoms with Gasteiger partial charge in [0.25, 0.3) is 0 Å². The van der Waals surface area contributed by atoms with Gasteiger partial charge in [-0.1, -0.05) is 25.1 Å². The topological polar surface area (TPSA) is 25.2 Å². The molecule has 2 aromatic rings. The second-order valence-electron chi connectivity index (χ2n) is 3.08. The molecule has 0 bridgehead atoms. The Hall–Kier alpha value is -1.44. The number of benzene rings is 1. The van der Waals surface area contributed by atoms with Crippen LogP contribution in [0.3, 0.4) is 0 Å². The lowest BCUT2D eigenvalue weighted by Crippen LogP contribution is -1.97. The van der Waals surface area contributed by atoms with Crippen molar-refractivity contribution >= 4 is 16.9 Å². The highest BCUT2D eigenvalue weighted by Crippen LogP contribution is 2.22. The summed E-state index contributed by atoms with van der Waals surface area (Å²) in [7, 11) is 0. The molecule has 2 rings (SSSR count). The van der Waals surface area contributed by atoms with E-state index < -0.39 is 0 Å². The molecule has 13 heavy (non-hydrogen) atoms. The van der Waals surface area contributed by atoms with Gasteiger partial charge >= 0.3 is 0 Å². The number of hydrogen-bond acceptors (Lipinski definition) is 2. The molecule has 0 unspecified atom stereocenters. The van der Waals surface area contributed by atoms with Crippen molar-refractivity contribution < 1.29 is 4.42 Å². The van der Waals surface area contributed by atoms with Crippen LogP contribution in [0, 0.1) is 0 Å². The van der Waals surface area contributed by atoms with Crippen LogP contribution in [0.15, 0.2) is 34.7 Å². The first kappa shape index (κ1) is 8.17.